The third-order valence-corrected chi connectivity index (χ3v) is 4.54. The number of ether oxygens (including phenoxy) is 1. The number of amides is 1. The number of aromatic amines is 1. The lowest BCUT2D eigenvalue weighted by Crippen LogP contribution is -2.29. The Balaban J connectivity index is 1.73. The maximum absolute atomic E-state index is 13.0. The summed E-state index contributed by atoms with van der Waals surface area (Å²) in [5.74, 6) is 0.358. The molecule has 0 fully saturated rings. The second-order valence-corrected chi connectivity index (χ2v) is 6.20. The van der Waals surface area contributed by atoms with Gasteiger partial charge in [0.15, 0.2) is 0 Å². The van der Waals surface area contributed by atoms with Crippen molar-refractivity contribution in [3.8, 4) is 5.75 Å². The van der Waals surface area contributed by atoms with Gasteiger partial charge in [0.2, 0.25) is 0 Å². The van der Waals surface area contributed by atoms with Crippen molar-refractivity contribution in [3.63, 3.8) is 0 Å². The standard InChI is InChI=1S/C22H19N3O2/c1-27-20-10-6-5-9-17(20)22(26)25-21(15-7-3-2-4-8-15)16-11-12-18-19(13-16)24-14-23-18/h2-14,21H,1H3,(H,23,24)(H,25,26). The molecule has 1 unspecified atom stereocenters. The summed E-state index contributed by atoms with van der Waals surface area (Å²) < 4.78 is 5.33. The van der Waals surface area contributed by atoms with E-state index in [1.165, 1.54) is 0 Å². The summed E-state index contributed by atoms with van der Waals surface area (Å²) in [4.78, 5) is 20.4. The number of nitrogens with one attached hydrogen (secondary N) is 2. The SMILES string of the molecule is COc1ccccc1C(=O)NC(c1ccccc1)c1ccc2nc[nH]c2c1. The van der Waals surface area contributed by atoms with Crippen LogP contribution in [0.4, 0.5) is 0 Å². The summed E-state index contributed by atoms with van der Waals surface area (Å²) >= 11 is 0. The molecule has 0 aliphatic carbocycles. The molecular formula is C22H19N3O2. The minimum Gasteiger partial charge on any atom is -0.496 e. The Morgan fingerprint density at radius 3 is 2.59 bits per heavy atom. The fourth-order valence-electron chi connectivity index (χ4n) is 3.18. The minimum atomic E-state index is -0.295. The van der Waals surface area contributed by atoms with E-state index in [2.05, 4.69) is 15.3 Å². The van der Waals surface area contributed by atoms with Gasteiger partial charge >= 0.3 is 0 Å². The van der Waals surface area contributed by atoms with E-state index >= 15 is 0 Å². The van der Waals surface area contributed by atoms with Crippen LogP contribution < -0.4 is 10.1 Å². The van der Waals surface area contributed by atoms with Crippen LogP contribution in [0.25, 0.3) is 11.0 Å². The first-order valence-electron chi connectivity index (χ1n) is 8.68. The van der Waals surface area contributed by atoms with Crippen molar-refractivity contribution < 1.29 is 9.53 Å². The second-order valence-electron chi connectivity index (χ2n) is 6.20. The first kappa shape index (κ1) is 16.8. The number of rotatable bonds is 5. The molecule has 134 valence electrons. The second kappa shape index (κ2) is 7.33. The van der Waals surface area contributed by atoms with E-state index in [9.17, 15) is 4.79 Å². The lowest BCUT2D eigenvalue weighted by atomic mass is 9.97. The highest BCUT2D eigenvalue weighted by Gasteiger charge is 2.20. The molecule has 0 saturated heterocycles. The van der Waals surface area contributed by atoms with Crippen LogP contribution in [-0.4, -0.2) is 23.0 Å². The number of carbonyl (C=O) groups is 1. The van der Waals surface area contributed by atoms with Gasteiger partial charge in [0.05, 0.1) is 36.1 Å². The lowest BCUT2D eigenvalue weighted by Gasteiger charge is -2.20. The Bertz CT molecular complexity index is 1070. The van der Waals surface area contributed by atoms with Crippen molar-refractivity contribution >= 4 is 16.9 Å². The maximum atomic E-state index is 13.0. The molecule has 1 heterocycles. The third kappa shape index (κ3) is 3.40. The van der Waals surface area contributed by atoms with Crippen molar-refractivity contribution in [2.24, 2.45) is 0 Å². The summed E-state index contributed by atoms with van der Waals surface area (Å²) in [5, 5.41) is 3.14. The summed E-state index contributed by atoms with van der Waals surface area (Å²) in [6, 6.07) is 22.8. The van der Waals surface area contributed by atoms with Crippen LogP contribution in [0.15, 0.2) is 79.1 Å². The molecule has 2 N–H and O–H groups in total. The van der Waals surface area contributed by atoms with E-state index < -0.39 is 0 Å². The van der Waals surface area contributed by atoms with Crippen LogP contribution in [0.1, 0.15) is 27.5 Å². The lowest BCUT2D eigenvalue weighted by molar-refractivity contribution is 0.0940. The fraction of sp³-hybridized carbons (Fsp3) is 0.0909. The van der Waals surface area contributed by atoms with Gasteiger partial charge in [-0.1, -0.05) is 48.5 Å². The molecule has 0 aliphatic rings. The summed E-state index contributed by atoms with van der Waals surface area (Å²) in [6.07, 6.45) is 1.67. The minimum absolute atomic E-state index is 0.189. The van der Waals surface area contributed by atoms with Gasteiger partial charge < -0.3 is 15.0 Å². The number of benzene rings is 3. The number of carbonyl (C=O) groups excluding carboxylic acids is 1. The molecule has 1 amide bonds. The van der Waals surface area contributed by atoms with Crippen LogP contribution in [-0.2, 0) is 0 Å². The Kier molecular flexibility index (Phi) is 4.58. The molecule has 27 heavy (non-hydrogen) atoms. The Hall–Kier alpha value is -3.60. The first-order chi connectivity index (χ1) is 13.3. The van der Waals surface area contributed by atoms with Gasteiger partial charge in [0.25, 0.3) is 5.91 Å². The molecule has 4 rings (SSSR count). The van der Waals surface area contributed by atoms with Gasteiger partial charge in [-0.2, -0.15) is 0 Å². The first-order valence-corrected chi connectivity index (χ1v) is 8.68. The van der Waals surface area contributed by atoms with E-state index in [0.29, 0.717) is 11.3 Å². The number of hydrogen-bond donors (Lipinski definition) is 2. The molecule has 1 atom stereocenters. The summed E-state index contributed by atoms with van der Waals surface area (Å²) in [5.41, 5.74) is 4.30. The zero-order valence-electron chi connectivity index (χ0n) is 14.8. The van der Waals surface area contributed by atoms with Gasteiger partial charge in [-0.25, -0.2) is 4.98 Å². The zero-order valence-corrected chi connectivity index (χ0v) is 14.8. The highest BCUT2D eigenvalue weighted by molar-refractivity contribution is 5.97. The predicted octanol–water partition coefficient (Wildman–Crippen LogP) is 4.09. The fourth-order valence-corrected chi connectivity index (χ4v) is 3.18. The van der Waals surface area contributed by atoms with Gasteiger partial charge in [0.1, 0.15) is 5.75 Å². The average molecular weight is 357 g/mol. The molecule has 3 aromatic carbocycles. The van der Waals surface area contributed by atoms with E-state index in [1.54, 1.807) is 25.6 Å². The molecular weight excluding hydrogens is 338 g/mol. The van der Waals surface area contributed by atoms with Gasteiger partial charge in [0, 0.05) is 0 Å². The van der Waals surface area contributed by atoms with Gasteiger partial charge in [-0.3, -0.25) is 4.79 Å². The van der Waals surface area contributed by atoms with E-state index in [1.807, 2.05) is 60.7 Å². The van der Waals surface area contributed by atoms with Crippen LogP contribution in [0.2, 0.25) is 0 Å². The molecule has 0 aliphatic heterocycles. The number of imidazole rings is 1. The van der Waals surface area contributed by atoms with Crippen molar-refractivity contribution in [2.45, 2.75) is 6.04 Å². The average Bonchev–Trinajstić information content (AvgIpc) is 3.20. The van der Waals surface area contributed by atoms with E-state index in [0.717, 1.165) is 22.2 Å². The molecule has 5 heteroatoms. The summed E-state index contributed by atoms with van der Waals surface area (Å²) in [7, 11) is 1.56. The Morgan fingerprint density at radius 2 is 1.78 bits per heavy atom. The molecule has 4 aromatic rings. The monoisotopic (exact) mass is 357 g/mol. The van der Waals surface area contributed by atoms with Crippen molar-refractivity contribution in [1.29, 1.82) is 0 Å². The normalized spacial score (nSPS) is 11.9. The van der Waals surface area contributed by atoms with Crippen molar-refractivity contribution in [1.82, 2.24) is 15.3 Å². The number of H-pyrrole nitrogens is 1. The Morgan fingerprint density at radius 1 is 1.00 bits per heavy atom. The van der Waals surface area contributed by atoms with E-state index in [4.69, 9.17) is 4.74 Å². The van der Waals surface area contributed by atoms with Crippen molar-refractivity contribution in [2.75, 3.05) is 7.11 Å². The maximum Gasteiger partial charge on any atom is 0.255 e. The van der Waals surface area contributed by atoms with Crippen molar-refractivity contribution in [3.05, 3.63) is 95.8 Å². The Labute approximate surface area is 157 Å². The van der Waals surface area contributed by atoms with Crippen LogP contribution in [0.3, 0.4) is 0 Å². The number of methoxy groups -OCH3 is 1. The molecule has 5 nitrogen and oxygen atoms in total. The molecule has 0 saturated carbocycles. The quantitative estimate of drug-likeness (QED) is 0.565. The molecule has 0 bridgehead atoms. The van der Waals surface area contributed by atoms with E-state index in [-0.39, 0.29) is 11.9 Å². The number of fused-ring (bicyclic) bond motifs is 1. The highest BCUT2D eigenvalue weighted by Crippen LogP contribution is 2.26. The number of aromatic nitrogens is 2. The highest BCUT2D eigenvalue weighted by atomic mass is 16.5. The van der Waals surface area contributed by atoms with Crippen LogP contribution in [0.5, 0.6) is 5.75 Å². The van der Waals surface area contributed by atoms with Crippen LogP contribution in [0, 0.1) is 0 Å². The topological polar surface area (TPSA) is 67.0 Å². The van der Waals surface area contributed by atoms with Crippen LogP contribution >= 0.6 is 0 Å². The zero-order chi connectivity index (χ0) is 18.6. The number of para-hydroxylation sites is 1. The smallest absolute Gasteiger partial charge is 0.255 e. The molecule has 0 radical (unpaired) electrons. The summed E-state index contributed by atoms with van der Waals surface area (Å²) in [6.45, 7) is 0. The van der Waals surface area contributed by atoms with Gasteiger partial charge in [-0.15, -0.1) is 0 Å². The van der Waals surface area contributed by atoms with Gasteiger partial charge in [-0.05, 0) is 35.4 Å². The third-order valence-electron chi connectivity index (χ3n) is 4.54. The predicted molar refractivity (Wildman–Crippen MR) is 105 cm³/mol. The number of hydrogen-bond acceptors (Lipinski definition) is 3. The number of nitrogens with zero attached hydrogens (tertiary/aromatic N) is 1. The molecule has 1 aromatic heterocycles. The largest absolute Gasteiger partial charge is 0.496 e. The molecule has 0 spiro atoms.